The second-order valence-electron chi connectivity index (χ2n) is 7.11. The maximum absolute atomic E-state index is 12.8. The summed E-state index contributed by atoms with van der Waals surface area (Å²) in [5.74, 6) is 0.0182. The Labute approximate surface area is 159 Å². The van der Waals surface area contributed by atoms with Gasteiger partial charge in [0.1, 0.15) is 0 Å². The number of benzene rings is 1. The second kappa shape index (κ2) is 7.55. The zero-order valence-electron chi connectivity index (χ0n) is 15.6. The molecule has 2 heterocycles. The van der Waals surface area contributed by atoms with Crippen molar-refractivity contribution in [3.8, 4) is 5.69 Å². The summed E-state index contributed by atoms with van der Waals surface area (Å²) < 4.78 is 24.8. The molecule has 1 atom stereocenters. The lowest BCUT2D eigenvalue weighted by Gasteiger charge is -2.29. The third kappa shape index (κ3) is 4.30. The number of aromatic nitrogens is 1. The molecule has 146 valence electrons. The summed E-state index contributed by atoms with van der Waals surface area (Å²) in [6, 6.07) is 8.12. The van der Waals surface area contributed by atoms with E-state index in [2.05, 4.69) is 0 Å². The standard InChI is InChI=1S/C19H25N3O4S/c1-13-10-18(19(24)12-21-9-3-4-16(23)11-21)14(2)22(13)15-5-7-17(8-6-15)27(20,25)26/h5-8,10,16,23H,3-4,9,11-12H2,1-2H3,(H2,20,25,26). The monoisotopic (exact) mass is 391 g/mol. The average Bonchev–Trinajstić information content (AvgIpc) is 2.89. The van der Waals surface area contributed by atoms with E-state index in [0.717, 1.165) is 36.5 Å². The molecule has 8 heteroatoms. The van der Waals surface area contributed by atoms with Gasteiger partial charge in [0.25, 0.3) is 0 Å². The number of carbonyl (C=O) groups is 1. The molecule has 1 unspecified atom stereocenters. The smallest absolute Gasteiger partial charge is 0.238 e. The van der Waals surface area contributed by atoms with Crippen LogP contribution in [0.4, 0.5) is 0 Å². The van der Waals surface area contributed by atoms with Crippen molar-refractivity contribution >= 4 is 15.8 Å². The van der Waals surface area contributed by atoms with E-state index in [1.165, 1.54) is 12.1 Å². The number of β-amino-alcohol motifs (C(OH)–C–C–N with tert-alkyl or cyclic N) is 1. The Morgan fingerprint density at radius 2 is 1.93 bits per heavy atom. The number of likely N-dealkylation sites (tertiary alicyclic amines) is 1. The van der Waals surface area contributed by atoms with Gasteiger partial charge in [-0.2, -0.15) is 0 Å². The molecule has 0 radical (unpaired) electrons. The second-order valence-corrected chi connectivity index (χ2v) is 8.67. The molecular weight excluding hydrogens is 366 g/mol. The highest BCUT2D eigenvalue weighted by Gasteiger charge is 2.23. The van der Waals surface area contributed by atoms with Crippen LogP contribution in [0, 0.1) is 13.8 Å². The van der Waals surface area contributed by atoms with Crippen molar-refractivity contribution in [2.24, 2.45) is 5.14 Å². The number of primary sulfonamides is 1. The minimum atomic E-state index is -3.74. The number of sulfonamides is 1. The van der Waals surface area contributed by atoms with E-state index >= 15 is 0 Å². The molecule has 1 aromatic carbocycles. The van der Waals surface area contributed by atoms with Crippen LogP contribution in [0.1, 0.15) is 34.6 Å². The van der Waals surface area contributed by atoms with Gasteiger partial charge in [0, 0.05) is 29.2 Å². The number of hydrogen-bond donors (Lipinski definition) is 2. The Hall–Kier alpha value is -2.00. The van der Waals surface area contributed by atoms with Crippen LogP contribution in [0.3, 0.4) is 0 Å². The predicted octanol–water partition coefficient (Wildman–Crippen LogP) is 1.38. The highest BCUT2D eigenvalue weighted by molar-refractivity contribution is 7.89. The number of Topliss-reactive ketones (excluding diaryl/α,β-unsaturated/α-hetero) is 1. The molecule has 1 fully saturated rings. The van der Waals surface area contributed by atoms with Crippen LogP contribution in [0.2, 0.25) is 0 Å². The summed E-state index contributed by atoms with van der Waals surface area (Å²) in [6.07, 6.45) is 1.31. The van der Waals surface area contributed by atoms with Crippen molar-refractivity contribution in [3.63, 3.8) is 0 Å². The van der Waals surface area contributed by atoms with Crippen molar-refractivity contribution in [1.29, 1.82) is 0 Å². The van der Waals surface area contributed by atoms with E-state index in [-0.39, 0.29) is 23.3 Å². The van der Waals surface area contributed by atoms with E-state index in [4.69, 9.17) is 5.14 Å². The van der Waals surface area contributed by atoms with Gasteiger partial charge in [-0.25, -0.2) is 13.6 Å². The van der Waals surface area contributed by atoms with E-state index in [1.54, 1.807) is 12.1 Å². The highest BCUT2D eigenvalue weighted by atomic mass is 32.2. The number of rotatable bonds is 5. The lowest BCUT2D eigenvalue weighted by molar-refractivity contribution is 0.0634. The van der Waals surface area contributed by atoms with Gasteiger partial charge in [-0.15, -0.1) is 0 Å². The maximum atomic E-state index is 12.8. The summed E-state index contributed by atoms with van der Waals surface area (Å²) >= 11 is 0. The van der Waals surface area contributed by atoms with Crippen LogP contribution in [-0.4, -0.2) is 54.5 Å². The van der Waals surface area contributed by atoms with Crippen LogP contribution < -0.4 is 5.14 Å². The number of carbonyl (C=O) groups excluding carboxylic acids is 1. The quantitative estimate of drug-likeness (QED) is 0.749. The van der Waals surface area contributed by atoms with Crippen LogP contribution in [-0.2, 0) is 10.0 Å². The van der Waals surface area contributed by atoms with E-state index in [9.17, 15) is 18.3 Å². The number of aliphatic hydroxyl groups excluding tert-OH is 1. The Kier molecular flexibility index (Phi) is 5.53. The van der Waals surface area contributed by atoms with Crippen LogP contribution >= 0.6 is 0 Å². The first-order valence-electron chi connectivity index (χ1n) is 8.92. The normalized spacial score (nSPS) is 18.6. The number of hydrogen-bond acceptors (Lipinski definition) is 5. The van der Waals surface area contributed by atoms with Gasteiger partial charge in [0.15, 0.2) is 5.78 Å². The molecule has 0 aliphatic carbocycles. The molecule has 1 aliphatic rings. The third-order valence-electron chi connectivity index (χ3n) is 5.00. The largest absolute Gasteiger partial charge is 0.392 e. The molecular formula is C19H25N3O4S. The minimum Gasteiger partial charge on any atom is -0.392 e. The van der Waals surface area contributed by atoms with Crippen molar-refractivity contribution < 1.29 is 18.3 Å². The van der Waals surface area contributed by atoms with E-state index in [0.29, 0.717) is 12.1 Å². The average molecular weight is 391 g/mol. The number of aryl methyl sites for hydroxylation is 1. The summed E-state index contributed by atoms with van der Waals surface area (Å²) in [7, 11) is -3.74. The molecule has 27 heavy (non-hydrogen) atoms. The first-order chi connectivity index (χ1) is 12.7. The SMILES string of the molecule is Cc1cc(C(=O)CN2CCCC(O)C2)c(C)n1-c1ccc(S(N)(=O)=O)cc1. The predicted molar refractivity (Wildman–Crippen MR) is 103 cm³/mol. The number of piperidine rings is 1. The number of nitrogens with two attached hydrogens (primary N) is 1. The molecule has 2 aromatic rings. The highest BCUT2D eigenvalue weighted by Crippen LogP contribution is 2.23. The van der Waals surface area contributed by atoms with Crippen molar-refractivity contribution in [2.45, 2.75) is 37.7 Å². The van der Waals surface area contributed by atoms with Gasteiger partial charge < -0.3 is 9.67 Å². The number of nitrogens with zero attached hydrogens (tertiary/aromatic N) is 2. The van der Waals surface area contributed by atoms with E-state index < -0.39 is 10.0 Å². The maximum Gasteiger partial charge on any atom is 0.238 e. The van der Waals surface area contributed by atoms with Crippen LogP contribution in [0.25, 0.3) is 5.69 Å². The summed E-state index contributed by atoms with van der Waals surface area (Å²) in [5.41, 5.74) is 3.10. The summed E-state index contributed by atoms with van der Waals surface area (Å²) in [6.45, 7) is 5.41. The molecule has 1 aliphatic heterocycles. The zero-order chi connectivity index (χ0) is 19.8. The third-order valence-corrected chi connectivity index (χ3v) is 5.93. The van der Waals surface area contributed by atoms with Crippen molar-refractivity contribution in [1.82, 2.24) is 9.47 Å². The fraction of sp³-hybridized carbons (Fsp3) is 0.421. The fourth-order valence-corrected chi connectivity index (χ4v) is 4.21. The van der Waals surface area contributed by atoms with Gasteiger partial charge in [0.2, 0.25) is 10.0 Å². The van der Waals surface area contributed by atoms with Gasteiger partial charge in [-0.3, -0.25) is 9.69 Å². The van der Waals surface area contributed by atoms with Gasteiger partial charge in [-0.05, 0) is 63.6 Å². The first kappa shape index (κ1) is 19.8. The molecule has 1 aromatic heterocycles. The van der Waals surface area contributed by atoms with Crippen molar-refractivity contribution in [2.75, 3.05) is 19.6 Å². The molecule has 7 nitrogen and oxygen atoms in total. The molecule has 0 amide bonds. The molecule has 3 rings (SSSR count). The topological polar surface area (TPSA) is 106 Å². The first-order valence-corrected chi connectivity index (χ1v) is 10.5. The fourth-order valence-electron chi connectivity index (χ4n) is 3.69. The Balaban J connectivity index is 1.85. The molecule has 3 N–H and O–H groups in total. The molecule has 0 saturated carbocycles. The van der Waals surface area contributed by atoms with Crippen LogP contribution in [0.5, 0.6) is 0 Å². The molecule has 0 bridgehead atoms. The summed E-state index contributed by atoms with van der Waals surface area (Å²) in [5, 5.41) is 14.9. The minimum absolute atomic E-state index is 0.0182. The van der Waals surface area contributed by atoms with E-state index in [1.807, 2.05) is 29.4 Å². The number of ketones is 1. The Morgan fingerprint density at radius 1 is 1.26 bits per heavy atom. The number of aliphatic hydroxyl groups is 1. The Bertz CT molecular complexity index is 948. The summed E-state index contributed by atoms with van der Waals surface area (Å²) in [4.78, 5) is 14.8. The van der Waals surface area contributed by atoms with Crippen molar-refractivity contribution in [3.05, 3.63) is 47.3 Å². The lowest BCUT2D eigenvalue weighted by Crippen LogP contribution is -2.41. The molecule has 0 spiro atoms. The molecule has 1 saturated heterocycles. The van der Waals surface area contributed by atoms with Crippen LogP contribution in [0.15, 0.2) is 35.2 Å². The van der Waals surface area contributed by atoms with Gasteiger partial charge in [0.05, 0.1) is 17.5 Å². The zero-order valence-corrected chi connectivity index (χ0v) is 16.4. The lowest BCUT2D eigenvalue weighted by atomic mass is 10.1. The Morgan fingerprint density at radius 3 is 2.52 bits per heavy atom. The van der Waals surface area contributed by atoms with Gasteiger partial charge >= 0.3 is 0 Å². The van der Waals surface area contributed by atoms with Gasteiger partial charge in [-0.1, -0.05) is 0 Å².